The van der Waals surface area contributed by atoms with Gasteiger partial charge in [-0.15, -0.1) is 0 Å². The van der Waals surface area contributed by atoms with Gasteiger partial charge in [-0.3, -0.25) is 4.79 Å². The molecule has 0 amide bonds. The van der Waals surface area contributed by atoms with Crippen molar-refractivity contribution in [3.63, 3.8) is 0 Å². The van der Waals surface area contributed by atoms with Crippen molar-refractivity contribution in [1.29, 1.82) is 0 Å². The second kappa shape index (κ2) is 12.3. The van der Waals surface area contributed by atoms with Gasteiger partial charge in [0.15, 0.2) is 0 Å². The average Bonchev–Trinajstić information content (AvgIpc) is 3.62. The minimum Gasteiger partial charge on any atom is -0.481 e. The molecule has 168 valence electrons. The molecule has 0 aromatic rings. The highest BCUT2D eigenvalue weighted by atomic mass is 16.6. The predicted molar refractivity (Wildman–Crippen MR) is 116 cm³/mol. The highest BCUT2D eigenvalue weighted by Gasteiger charge is 2.44. The van der Waals surface area contributed by atoms with Gasteiger partial charge in [0.2, 0.25) is 0 Å². The van der Waals surface area contributed by atoms with Crippen molar-refractivity contribution in [3.8, 4) is 0 Å². The largest absolute Gasteiger partial charge is 0.481 e. The molecule has 4 nitrogen and oxygen atoms in total. The number of unbranched alkanes of at least 4 members (excludes halogenated alkanes) is 8. The molecule has 3 rings (SSSR count). The van der Waals surface area contributed by atoms with Crippen molar-refractivity contribution in [2.45, 2.75) is 140 Å². The van der Waals surface area contributed by atoms with Crippen LogP contribution in [0.5, 0.6) is 0 Å². The number of ether oxygens (including phenoxy) is 2. The van der Waals surface area contributed by atoms with Crippen LogP contribution < -0.4 is 0 Å². The van der Waals surface area contributed by atoms with Crippen LogP contribution in [0.15, 0.2) is 0 Å². The second-order valence-corrected chi connectivity index (χ2v) is 9.92. The van der Waals surface area contributed by atoms with E-state index in [1.165, 1.54) is 64.2 Å². The average molecular weight is 409 g/mol. The summed E-state index contributed by atoms with van der Waals surface area (Å²) in [5, 5.41) is 9.58. The first-order valence-electron chi connectivity index (χ1n) is 12.7. The van der Waals surface area contributed by atoms with E-state index in [-0.39, 0.29) is 5.92 Å². The number of carbonyl (C=O) groups is 1. The Bertz CT molecular complexity index is 479. The van der Waals surface area contributed by atoms with Gasteiger partial charge in [0, 0.05) is 0 Å². The number of carboxylic acids is 1. The second-order valence-electron chi connectivity index (χ2n) is 9.92. The van der Waals surface area contributed by atoms with Crippen molar-refractivity contribution < 1.29 is 19.4 Å². The zero-order valence-electron chi connectivity index (χ0n) is 18.7. The SMILES string of the molecule is CCCCCCCCC1OC1CCCCCCC(CC1CCC2OC2C1)C(=O)O. The van der Waals surface area contributed by atoms with Gasteiger partial charge in [-0.25, -0.2) is 0 Å². The molecule has 6 atom stereocenters. The summed E-state index contributed by atoms with van der Waals surface area (Å²) >= 11 is 0. The van der Waals surface area contributed by atoms with Gasteiger partial charge in [0.1, 0.15) is 0 Å². The summed E-state index contributed by atoms with van der Waals surface area (Å²) in [6, 6.07) is 0. The van der Waals surface area contributed by atoms with Gasteiger partial charge in [0.25, 0.3) is 0 Å². The first-order chi connectivity index (χ1) is 14.2. The van der Waals surface area contributed by atoms with Crippen molar-refractivity contribution in [2.75, 3.05) is 0 Å². The van der Waals surface area contributed by atoms with Crippen LogP contribution in [0.2, 0.25) is 0 Å². The van der Waals surface area contributed by atoms with Gasteiger partial charge >= 0.3 is 5.97 Å². The van der Waals surface area contributed by atoms with Crippen LogP contribution in [-0.2, 0) is 14.3 Å². The number of fused-ring (bicyclic) bond motifs is 1. The number of hydrogen-bond acceptors (Lipinski definition) is 3. The maximum absolute atomic E-state index is 11.6. The first-order valence-corrected chi connectivity index (χ1v) is 12.7. The smallest absolute Gasteiger partial charge is 0.306 e. The summed E-state index contributed by atoms with van der Waals surface area (Å²) in [7, 11) is 0. The van der Waals surface area contributed by atoms with E-state index in [4.69, 9.17) is 9.47 Å². The molecular formula is C25H44O4. The van der Waals surface area contributed by atoms with Crippen LogP contribution in [-0.4, -0.2) is 35.5 Å². The lowest BCUT2D eigenvalue weighted by atomic mass is 9.81. The molecule has 4 heteroatoms. The maximum atomic E-state index is 11.6. The van der Waals surface area contributed by atoms with Crippen LogP contribution >= 0.6 is 0 Å². The van der Waals surface area contributed by atoms with Crippen molar-refractivity contribution in [1.82, 2.24) is 0 Å². The Kier molecular flexibility index (Phi) is 9.78. The van der Waals surface area contributed by atoms with E-state index in [1.54, 1.807) is 0 Å². The van der Waals surface area contributed by atoms with Gasteiger partial charge in [-0.2, -0.15) is 0 Å². The fourth-order valence-corrected chi connectivity index (χ4v) is 5.35. The molecule has 1 N–H and O–H groups in total. The molecular weight excluding hydrogens is 364 g/mol. The summed E-state index contributed by atoms with van der Waals surface area (Å²) in [5.41, 5.74) is 0. The highest BCUT2D eigenvalue weighted by molar-refractivity contribution is 5.69. The number of hydrogen-bond donors (Lipinski definition) is 1. The molecule has 1 aliphatic carbocycles. The highest BCUT2D eigenvalue weighted by Crippen LogP contribution is 2.42. The molecule has 3 fully saturated rings. The third kappa shape index (κ3) is 8.57. The maximum Gasteiger partial charge on any atom is 0.306 e. The standard InChI is InChI=1S/C25H44O4/c1-2-3-4-5-6-10-13-21-22(28-21)14-11-8-7-9-12-20(25(26)27)17-19-15-16-23-24(18-19)29-23/h19-24H,2-18H2,1H3,(H,26,27). The Labute approximate surface area is 178 Å². The van der Waals surface area contributed by atoms with E-state index in [0.717, 1.165) is 44.9 Å². The molecule has 2 heterocycles. The number of aliphatic carboxylic acids is 1. The Morgan fingerprint density at radius 3 is 2.17 bits per heavy atom. The molecule has 2 aliphatic heterocycles. The summed E-state index contributed by atoms with van der Waals surface area (Å²) in [5.74, 6) is -0.174. The third-order valence-electron chi connectivity index (χ3n) is 7.40. The molecule has 29 heavy (non-hydrogen) atoms. The minimum atomic E-state index is -0.590. The summed E-state index contributed by atoms with van der Waals surface area (Å²) in [6.45, 7) is 2.27. The molecule has 0 aromatic carbocycles. The topological polar surface area (TPSA) is 62.4 Å². The van der Waals surface area contributed by atoms with Crippen molar-refractivity contribution in [3.05, 3.63) is 0 Å². The van der Waals surface area contributed by atoms with Crippen LogP contribution in [0.3, 0.4) is 0 Å². The third-order valence-corrected chi connectivity index (χ3v) is 7.40. The van der Waals surface area contributed by atoms with Gasteiger partial charge < -0.3 is 14.6 Å². The predicted octanol–water partition coefficient (Wildman–Crippen LogP) is 6.50. The Morgan fingerprint density at radius 2 is 1.52 bits per heavy atom. The zero-order valence-corrected chi connectivity index (χ0v) is 18.7. The number of rotatable bonds is 17. The normalized spacial score (nSPS) is 31.3. The van der Waals surface area contributed by atoms with Crippen LogP contribution in [0.25, 0.3) is 0 Å². The fourth-order valence-electron chi connectivity index (χ4n) is 5.35. The molecule has 0 bridgehead atoms. The van der Waals surface area contributed by atoms with Gasteiger partial charge in [-0.1, -0.05) is 71.1 Å². The first kappa shape index (κ1) is 23.1. The lowest BCUT2D eigenvalue weighted by molar-refractivity contribution is -0.142. The van der Waals surface area contributed by atoms with E-state index in [9.17, 15) is 9.90 Å². The molecule has 0 spiro atoms. The Hall–Kier alpha value is -0.610. The molecule has 3 aliphatic rings. The monoisotopic (exact) mass is 408 g/mol. The van der Waals surface area contributed by atoms with Crippen LogP contribution in [0.1, 0.15) is 116 Å². The van der Waals surface area contributed by atoms with Crippen molar-refractivity contribution in [2.24, 2.45) is 11.8 Å². The molecule has 0 radical (unpaired) electrons. The zero-order chi connectivity index (χ0) is 20.5. The van der Waals surface area contributed by atoms with E-state index in [1.807, 2.05) is 0 Å². The molecule has 2 saturated heterocycles. The summed E-state index contributed by atoms with van der Waals surface area (Å²) in [6.07, 6.45) is 22.4. The summed E-state index contributed by atoms with van der Waals surface area (Å²) < 4.78 is 11.4. The van der Waals surface area contributed by atoms with Crippen LogP contribution in [0.4, 0.5) is 0 Å². The van der Waals surface area contributed by atoms with E-state index < -0.39 is 5.97 Å². The molecule has 0 aromatic heterocycles. The van der Waals surface area contributed by atoms with E-state index >= 15 is 0 Å². The Morgan fingerprint density at radius 1 is 0.862 bits per heavy atom. The van der Waals surface area contributed by atoms with Gasteiger partial charge in [0.05, 0.1) is 30.3 Å². The molecule has 6 unspecified atom stereocenters. The lowest BCUT2D eigenvalue weighted by Gasteiger charge is -2.22. The minimum absolute atomic E-state index is 0.149. The quantitative estimate of drug-likeness (QED) is 0.220. The van der Waals surface area contributed by atoms with E-state index in [0.29, 0.717) is 30.3 Å². The van der Waals surface area contributed by atoms with E-state index in [2.05, 4.69) is 6.92 Å². The van der Waals surface area contributed by atoms with Crippen LogP contribution in [0, 0.1) is 11.8 Å². The number of epoxide rings is 2. The van der Waals surface area contributed by atoms with Gasteiger partial charge in [-0.05, 0) is 50.9 Å². The van der Waals surface area contributed by atoms with Crippen molar-refractivity contribution >= 4 is 5.97 Å². The Balaban J connectivity index is 1.14. The molecule has 1 saturated carbocycles. The lowest BCUT2D eigenvalue weighted by Crippen LogP contribution is -2.21. The summed E-state index contributed by atoms with van der Waals surface area (Å²) in [4.78, 5) is 11.6. The number of carboxylic acid groups (broad SMARTS) is 1. The fraction of sp³-hybridized carbons (Fsp3) is 0.960.